The van der Waals surface area contributed by atoms with E-state index in [2.05, 4.69) is 0 Å². The topological polar surface area (TPSA) is 86.2 Å². The van der Waals surface area contributed by atoms with Gasteiger partial charge in [-0.2, -0.15) is 0 Å². The van der Waals surface area contributed by atoms with Crippen LogP contribution in [0.2, 0.25) is 0 Å². The van der Waals surface area contributed by atoms with Gasteiger partial charge in [0, 0.05) is 18.7 Å². The predicted molar refractivity (Wildman–Crippen MR) is 74.3 cm³/mol. The van der Waals surface area contributed by atoms with E-state index in [0.717, 1.165) is 6.07 Å². The molecule has 0 aromatic heterocycles. The maximum absolute atomic E-state index is 13.4. The summed E-state index contributed by atoms with van der Waals surface area (Å²) in [5.41, 5.74) is 4.74. The molecule has 102 valence electrons. The van der Waals surface area contributed by atoms with Crippen molar-refractivity contribution in [1.29, 1.82) is 0 Å². The molecule has 0 aliphatic carbocycles. The first-order chi connectivity index (χ1) is 8.91. The van der Waals surface area contributed by atoms with Gasteiger partial charge in [-0.15, -0.1) is 0 Å². The van der Waals surface area contributed by atoms with E-state index in [0.29, 0.717) is 17.7 Å². The smallest absolute Gasteiger partial charge is 0.295 e. The molecule has 0 saturated carbocycles. The monoisotopic (exact) mass is 284 g/mol. The first-order valence-electron chi connectivity index (χ1n) is 5.45. The molecule has 5 nitrogen and oxygen atoms in total. The molecule has 0 saturated heterocycles. The molecular formula is C12H13FN2O3S. The van der Waals surface area contributed by atoms with E-state index >= 15 is 0 Å². The Bertz CT molecular complexity index is 532. The fraction of sp³-hybridized carbons (Fsp3) is 0.250. The van der Waals surface area contributed by atoms with Gasteiger partial charge < -0.3 is 5.73 Å². The molecule has 0 fully saturated rings. The first kappa shape index (κ1) is 15.2. The number of nitro benzene ring substituents is 1. The molecule has 0 amide bonds. The quantitative estimate of drug-likeness (QED) is 0.389. The molecule has 1 aromatic rings. The number of halogens is 1. The van der Waals surface area contributed by atoms with Gasteiger partial charge in [0.15, 0.2) is 10.9 Å². The summed E-state index contributed by atoms with van der Waals surface area (Å²) in [4.78, 5) is 20.6. The number of nitro groups is 1. The van der Waals surface area contributed by atoms with Gasteiger partial charge in [0.05, 0.1) is 4.92 Å². The number of thioether (sulfide) groups is 1. The summed E-state index contributed by atoms with van der Waals surface area (Å²) in [6.07, 6.45) is 3.91. The second kappa shape index (κ2) is 6.89. The first-order valence-corrected chi connectivity index (χ1v) is 6.43. The van der Waals surface area contributed by atoms with Crippen LogP contribution < -0.4 is 5.73 Å². The molecule has 0 unspecified atom stereocenters. The van der Waals surface area contributed by atoms with E-state index in [1.807, 2.05) is 0 Å². The van der Waals surface area contributed by atoms with Gasteiger partial charge in [-0.25, -0.2) is 4.39 Å². The third-order valence-corrected chi connectivity index (χ3v) is 3.07. The van der Waals surface area contributed by atoms with Crippen LogP contribution in [0.1, 0.15) is 18.9 Å². The lowest BCUT2D eigenvalue weighted by atomic mass is 10.1. The molecule has 7 heteroatoms. The van der Waals surface area contributed by atoms with E-state index in [-0.39, 0.29) is 5.12 Å². The van der Waals surface area contributed by atoms with E-state index in [9.17, 15) is 19.3 Å². The van der Waals surface area contributed by atoms with Gasteiger partial charge in [0.2, 0.25) is 0 Å². The lowest BCUT2D eigenvalue weighted by Crippen LogP contribution is -1.99. The molecule has 19 heavy (non-hydrogen) atoms. The molecule has 0 spiro atoms. The van der Waals surface area contributed by atoms with Crippen molar-refractivity contribution in [3.63, 3.8) is 0 Å². The summed E-state index contributed by atoms with van der Waals surface area (Å²) >= 11 is 1.19. The Morgan fingerprint density at radius 1 is 1.58 bits per heavy atom. The van der Waals surface area contributed by atoms with Crippen LogP contribution in [0.25, 0.3) is 6.08 Å². The highest BCUT2D eigenvalue weighted by Gasteiger charge is 2.16. The van der Waals surface area contributed by atoms with E-state index in [1.54, 1.807) is 12.2 Å². The normalized spacial score (nSPS) is 10.8. The van der Waals surface area contributed by atoms with Crippen molar-refractivity contribution in [2.45, 2.75) is 13.3 Å². The Balaban J connectivity index is 2.76. The Hall–Kier alpha value is -1.89. The summed E-state index contributed by atoms with van der Waals surface area (Å²) < 4.78 is 13.4. The minimum absolute atomic E-state index is 0.0302. The van der Waals surface area contributed by atoms with Crippen LogP contribution in [-0.2, 0) is 4.79 Å². The number of anilines is 1. The SMILES string of the molecule is CC(=O)SCCC=Cc1cc(F)c(N)c([N+](=O)[O-])c1. The molecule has 1 aromatic carbocycles. The summed E-state index contributed by atoms with van der Waals surface area (Å²) in [6, 6.07) is 2.35. The lowest BCUT2D eigenvalue weighted by molar-refractivity contribution is -0.384. The standard InChI is InChI=1S/C12H13FN2O3S/c1-8(16)19-5-3-2-4-9-6-10(13)12(14)11(7-9)15(17)18/h2,4,6-7H,3,5,14H2,1H3. The molecule has 0 heterocycles. The molecule has 2 N–H and O–H groups in total. The third-order valence-electron chi connectivity index (χ3n) is 2.23. The van der Waals surface area contributed by atoms with E-state index in [4.69, 9.17) is 5.73 Å². The van der Waals surface area contributed by atoms with Crippen molar-refractivity contribution in [1.82, 2.24) is 0 Å². The number of hydrogen-bond donors (Lipinski definition) is 1. The van der Waals surface area contributed by atoms with Gasteiger partial charge in [-0.3, -0.25) is 14.9 Å². The van der Waals surface area contributed by atoms with Crippen molar-refractivity contribution in [2.75, 3.05) is 11.5 Å². The molecule has 0 bridgehead atoms. The fourth-order valence-electron chi connectivity index (χ4n) is 1.36. The van der Waals surface area contributed by atoms with Gasteiger partial charge >= 0.3 is 0 Å². The molecular weight excluding hydrogens is 271 g/mol. The summed E-state index contributed by atoms with van der Waals surface area (Å²) in [7, 11) is 0. The number of carbonyl (C=O) groups is 1. The van der Waals surface area contributed by atoms with E-state index in [1.165, 1.54) is 24.8 Å². The Labute approximate surface area is 113 Å². The minimum Gasteiger partial charge on any atom is -0.391 e. The van der Waals surface area contributed by atoms with Crippen LogP contribution in [0.4, 0.5) is 15.8 Å². The van der Waals surface area contributed by atoms with Crippen molar-refractivity contribution >= 4 is 34.3 Å². The van der Waals surface area contributed by atoms with Gasteiger partial charge in [0.1, 0.15) is 5.69 Å². The third kappa shape index (κ3) is 4.70. The van der Waals surface area contributed by atoms with Crippen molar-refractivity contribution in [2.24, 2.45) is 0 Å². The molecule has 1 rings (SSSR count). The molecule has 0 atom stereocenters. The summed E-state index contributed by atoms with van der Waals surface area (Å²) in [5.74, 6) is -0.197. The number of nitrogens with two attached hydrogens (primary N) is 1. The average Bonchev–Trinajstić information content (AvgIpc) is 2.32. The Morgan fingerprint density at radius 3 is 2.84 bits per heavy atom. The average molecular weight is 284 g/mol. The van der Waals surface area contributed by atoms with Crippen LogP contribution in [-0.4, -0.2) is 15.8 Å². The highest BCUT2D eigenvalue weighted by Crippen LogP contribution is 2.26. The van der Waals surface area contributed by atoms with Crippen LogP contribution in [0.3, 0.4) is 0 Å². The number of nitrogen functional groups attached to an aromatic ring is 1. The zero-order valence-corrected chi connectivity index (χ0v) is 11.1. The minimum atomic E-state index is -0.813. The zero-order chi connectivity index (χ0) is 14.4. The number of allylic oxidation sites excluding steroid dienone is 1. The number of benzene rings is 1. The number of rotatable bonds is 5. The summed E-state index contributed by atoms with van der Waals surface area (Å²) in [5, 5.41) is 10.7. The Kier molecular flexibility index (Phi) is 5.50. The van der Waals surface area contributed by atoms with Crippen LogP contribution in [0.15, 0.2) is 18.2 Å². The number of carbonyl (C=O) groups excluding carboxylic acids is 1. The van der Waals surface area contributed by atoms with Crippen LogP contribution >= 0.6 is 11.8 Å². The van der Waals surface area contributed by atoms with Gasteiger partial charge in [0.25, 0.3) is 5.69 Å². The van der Waals surface area contributed by atoms with Gasteiger partial charge in [-0.05, 0) is 18.1 Å². The largest absolute Gasteiger partial charge is 0.391 e. The zero-order valence-electron chi connectivity index (χ0n) is 10.3. The Morgan fingerprint density at radius 2 is 2.26 bits per heavy atom. The number of nitrogens with zero attached hydrogens (tertiary/aromatic N) is 1. The highest BCUT2D eigenvalue weighted by molar-refractivity contribution is 8.13. The molecule has 0 aliphatic rings. The molecule has 0 radical (unpaired) electrons. The van der Waals surface area contributed by atoms with Crippen molar-refractivity contribution in [3.8, 4) is 0 Å². The second-order valence-corrected chi connectivity index (χ2v) is 5.00. The van der Waals surface area contributed by atoms with Crippen LogP contribution in [0, 0.1) is 15.9 Å². The maximum atomic E-state index is 13.4. The second-order valence-electron chi connectivity index (χ2n) is 3.72. The fourth-order valence-corrected chi connectivity index (χ4v) is 1.90. The predicted octanol–water partition coefficient (Wildman–Crippen LogP) is 3.00. The highest BCUT2D eigenvalue weighted by atomic mass is 32.2. The lowest BCUT2D eigenvalue weighted by Gasteiger charge is -2.01. The maximum Gasteiger partial charge on any atom is 0.295 e. The van der Waals surface area contributed by atoms with Gasteiger partial charge in [-0.1, -0.05) is 23.9 Å². The van der Waals surface area contributed by atoms with E-state index < -0.39 is 22.1 Å². The van der Waals surface area contributed by atoms with Crippen LogP contribution in [0.5, 0.6) is 0 Å². The summed E-state index contributed by atoms with van der Waals surface area (Å²) in [6.45, 7) is 1.48. The number of hydrogen-bond acceptors (Lipinski definition) is 5. The van der Waals surface area contributed by atoms with Crippen molar-refractivity contribution < 1.29 is 14.1 Å². The molecule has 0 aliphatic heterocycles. The van der Waals surface area contributed by atoms with Crippen molar-refractivity contribution in [3.05, 3.63) is 39.7 Å².